The maximum absolute atomic E-state index is 12.4. The SMILES string of the molecule is Cc1cccc(C(=O)c2c(Br)cnn2C)c1C. The number of carbonyl (C=O) groups is 1. The second kappa shape index (κ2) is 4.45. The summed E-state index contributed by atoms with van der Waals surface area (Å²) in [5, 5.41) is 4.06. The maximum Gasteiger partial charge on any atom is 0.212 e. The van der Waals surface area contributed by atoms with Gasteiger partial charge in [-0.1, -0.05) is 18.2 Å². The van der Waals surface area contributed by atoms with Crippen LogP contribution in [0.1, 0.15) is 27.2 Å². The molecular formula is C13H13BrN2O. The second-order valence-electron chi connectivity index (χ2n) is 4.04. The molecule has 3 nitrogen and oxygen atoms in total. The van der Waals surface area contributed by atoms with Crippen molar-refractivity contribution in [3.8, 4) is 0 Å². The quantitative estimate of drug-likeness (QED) is 0.798. The molecule has 2 rings (SSSR count). The number of aryl methyl sites for hydroxylation is 2. The molecule has 0 N–H and O–H groups in total. The number of aromatic nitrogens is 2. The summed E-state index contributed by atoms with van der Waals surface area (Å²) in [4.78, 5) is 12.4. The van der Waals surface area contributed by atoms with Gasteiger partial charge in [-0.05, 0) is 40.9 Å². The Kier molecular flexibility index (Phi) is 3.15. The van der Waals surface area contributed by atoms with Crippen LogP contribution in [0.2, 0.25) is 0 Å². The van der Waals surface area contributed by atoms with Crippen LogP contribution < -0.4 is 0 Å². The van der Waals surface area contributed by atoms with Crippen molar-refractivity contribution in [1.82, 2.24) is 9.78 Å². The molecule has 0 bridgehead atoms. The molecule has 4 heteroatoms. The van der Waals surface area contributed by atoms with Crippen molar-refractivity contribution in [2.75, 3.05) is 0 Å². The van der Waals surface area contributed by atoms with E-state index in [9.17, 15) is 4.79 Å². The van der Waals surface area contributed by atoms with Crippen LogP contribution in [0.15, 0.2) is 28.9 Å². The monoisotopic (exact) mass is 292 g/mol. The fraction of sp³-hybridized carbons (Fsp3) is 0.231. The summed E-state index contributed by atoms with van der Waals surface area (Å²) in [6.45, 7) is 3.97. The highest BCUT2D eigenvalue weighted by Crippen LogP contribution is 2.22. The van der Waals surface area contributed by atoms with Gasteiger partial charge in [0.2, 0.25) is 5.78 Å². The molecule has 0 saturated carbocycles. The third-order valence-corrected chi connectivity index (χ3v) is 3.54. The summed E-state index contributed by atoms with van der Waals surface area (Å²) in [5.74, 6) is -0.00178. The molecule has 88 valence electrons. The van der Waals surface area contributed by atoms with Gasteiger partial charge in [-0.15, -0.1) is 0 Å². The van der Waals surface area contributed by atoms with E-state index in [1.165, 1.54) is 0 Å². The summed E-state index contributed by atoms with van der Waals surface area (Å²) in [6.07, 6.45) is 1.64. The molecular weight excluding hydrogens is 280 g/mol. The van der Waals surface area contributed by atoms with Crippen molar-refractivity contribution < 1.29 is 4.79 Å². The van der Waals surface area contributed by atoms with E-state index in [4.69, 9.17) is 0 Å². The summed E-state index contributed by atoms with van der Waals surface area (Å²) in [5.41, 5.74) is 3.45. The maximum atomic E-state index is 12.4. The van der Waals surface area contributed by atoms with Crippen LogP contribution in [0.5, 0.6) is 0 Å². The molecule has 0 atom stereocenters. The van der Waals surface area contributed by atoms with Crippen LogP contribution in [-0.2, 0) is 7.05 Å². The van der Waals surface area contributed by atoms with Crippen molar-refractivity contribution in [3.05, 3.63) is 51.3 Å². The average Bonchev–Trinajstić information content (AvgIpc) is 2.62. The molecule has 17 heavy (non-hydrogen) atoms. The molecule has 1 aromatic carbocycles. The van der Waals surface area contributed by atoms with Gasteiger partial charge in [0, 0.05) is 12.6 Å². The first-order chi connectivity index (χ1) is 8.02. The molecule has 0 aliphatic carbocycles. The zero-order valence-electron chi connectivity index (χ0n) is 9.99. The molecule has 1 heterocycles. The first-order valence-electron chi connectivity index (χ1n) is 5.30. The Morgan fingerprint density at radius 1 is 1.35 bits per heavy atom. The Hall–Kier alpha value is -1.42. The zero-order valence-corrected chi connectivity index (χ0v) is 11.6. The second-order valence-corrected chi connectivity index (χ2v) is 4.90. The van der Waals surface area contributed by atoms with Crippen molar-refractivity contribution in [2.24, 2.45) is 7.05 Å². The van der Waals surface area contributed by atoms with Crippen LogP contribution in [0.25, 0.3) is 0 Å². The Balaban J connectivity index is 2.55. The van der Waals surface area contributed by atoms with E-state index in [2.05, 4.69) is 21.0 Å². The fourth-order valence-corrected chi connectivity index (χ4v) is 2.32. The largest absolute Gasteiger partial charge is 0.287 e. The lowest BCUT2D eigenvalue weighted by Gasteiger charge is -2.08. The van der Waals surface area contributed by atoms with Gasteiger partial charge in [0.15, 0.2) is 0 Å². The molecule has 2 aromatic rings. The molecule has 0 spiro atoms. The van der Waals surface area contributed by atoms with E-state index in [0.717, 1.165) is 21.2 Å². The minimum Gasteiger partial charge on any atom is -0.287 e. The van der Waals surface area contributed by atoms with Gasteiger partial charge >= 0.3 is 0 Å². The number of carbonyl (C=O) groups excluding carboxylic acids is 1. The van der Waals surface area contributed by atoms with E-state index in [1.807, 2.05) is 32.0 Å². The van der Waals surface area contributed by atoms with Gasteiger partial charge in [-0.3, -0.25) is 9.48 Å². The van der Waals surface area contributed by atoms with Gasteiger partial charge in [0.05, 0.1) is 10.7 Å². The zero-order chi connectivity index (χ0) is 12.6. The third-order valence-electron chi connectivity index (χ3n) is 2.96. The number of hydrogen-bond donors (Lipinski definition) is 0. The van der Waals surface area contributed by atoms with Crippen molar-refractivity contribution in [3.63, 3.8) is 0 Å². The Morgan fingerprint density at radius 3 is 2.65 bits per heavy atom. The normalized spacial score (nSPS) is 10.6. The molecule has 0 unspecified atom stereocenters. The highest BCUT2D eigenvalue weighted by molar-refractivity contribution is 9.10. The highest BCUT2D eigenvalue weighted by atomic mass is 79.9. The smallest absolute Gasteiger partial charge is 0.212 e. The van der Waals surface area contributed by atoms with Crippen LogP contribution >= 0.6 is 15.9 Å². The van der Waals surface area contributed by atoms with E-state index in [0.29, 0.717) is 5.69 Å². The minimum absolute atomic E-state index is 0.00178. The van der Waals surface area contributed by atoms with Gasteiger partial charge < -0.3 is 0 Å². The molecule has 0 saturated heterocycles. The minimum atomic E-state index is -0.00178. The number of benzene rings is 1. The van der Waals surface area contributed by atoms with Crippen LogP contribution in [-0.4, -0.2) is 15.6 Å². The Labute approximate surface area is 109 Å². The van der Waals surface area contributed by atoms with Crippen LogP contribution in [0.3, 0.4) is 0 Å². The van der Waals surface area contributed by atoms with Gasteiger partial charge in [-0.2, -0.15) is 5.10 Å². The topological polar surface area (TPSA) is 34.9 Å². The number of nitrogens with zero attached hydrogens (tertiary/aromatic N) is 2. The lowest BCUT2D eigenvalue weighted by atomic mass is 9.99. The van der Waals surface area contributed by atoms with Gasteiger partial charge in [-0.25, -0.2) is 0 Å². The van der Waals surface area contributed by atoms with Crippen molar-refractivity contribution in [2.45, 2.75) is 13.8 Å². The predicted octanol–water partition coefficient (Wildman–Crippen LogP) is 3.03. The number of rotatable bonds is 2. The summed E-state index contributed by atoms with van der Waals surface area (Å²) in [7, 11) is 1.77. The highest BCUT2D eigenvalue weighted by Gasteiger charge is 2.19. The Bertz CT molecular complexity index is 568. The molecule has 0 radical (unpaired) electrons. The van der Waals surface area contributed by atoms with E-state index < -0.39 is 0 Å². The summed E-state index contributed by atoms with van der Waals surface area (Å²) in [6, 6.07) is 5.76. The van der Waals surface area contributed by atoms with E-state index in [-0.39, 0.29) is 5.78 Å². The number of halogens is 1. The molecule has 1 aromatic heterocycles. The number of ketones is 1. The van der Waals surface area contributed by atoms with Crippen LogP contribution in [0.4, 0.5) is 0 Å². The molecule has 0 aliphatic heterocycles. The predicted molar refractivity (Wildman–Crippen MR) is 70.3 cm³/mol. The first-order valence-corrected chi connectivity index (χ1v) is 6.10. The lowest BCUT2D eigenvalue weighted by Crippen LogP contribution is -2.10. The first kappa shape index (κ1) is 12.0. The molecule has 0 aliphatic rings. The molecule has 0 fully saturated rings. The van der Waals surface area contributed by atoms with Gasteiger partial charge in [0.1, 0.15) is 5.69 Å². The van der Waals surface area contributed by atoms with Crippen LogP contribution in [0, 0.1) is 13.8 Å². The Morgan fingerprint density at radius 2 is 2.06 bits per heavy atom. The van der Waals surface area contributed by atoms with E-state index >= 15 is 0 Å². The third kappa shape index (κ3) is 2.05. The van der Waals surface area contributed by atoms with Crippen molar-refractivity contribution >= 4 is 21.7 Å². The average molecular weight is 293 g/mol. The standard InChI is InChI=1S/C13H13BrN2O/c1-8-5-4-6-10(9(8)2)13(17)12-11(14)7-15-16(12)3/h4-7H,1-3H3. The summed E-state index contributed by atoms with van der Waals surface area (Å²) >= 11 is 3.35. The number of hydrogen-bond acceptors (Lipinski definition) is 2. The molecule has 0 amide bonds. The lowest BCUT2D eigenvalue weighted by molar-refractivity contribution is 0.102. The summed E-state index contributed by atoms with van der Waals surface area (Å²) < 4.78 is 2.32. The van der Waals surface area contributed by atoms with Gasteiger partial charge in [0.25, 0.3) is 0 Å². The van der Waals surface area contributed by atoms with Crippen molar-refractivity contribution in [1.29, 1.82) is 0 Å². The van der Waals surface area contributed by atoms with E-state index in [1.54, 1.807) is 17.9 Å². The fourth-order valence-electron chi connectivity index (χ4n) is 1.79.